The van der Waals surface area contributed by atoms with Gasteiger partial charge in [0.2, 0.25) is 0 Å². The van der Waals surface area contributed by atoms with E-state index in [1.54, 1.807) is 0 Å². The highest BCUT2D eigenvalue weighted by molar-refractivity contribution is 5.15. The van der Waals surface area contributed by atoms with Crippen molar-refractivity contribution in [3.8, 4) is 0 Å². The summed E-state index contributed by atoms with van der Waals surface area (Å²) in [4.78, 5) is 2.27. The minimum Gasteiger partial charge on any atom is -0.389 e. The Labute approximate surface area is 145 Å². The van der Waals surface area contributed by atoms with E-state index in [9.17, 15) is 5.11 Å². The van der Waals surface area contributed by atoms with Crippen LogP contribution in [-0.2, 0) is 24.9 Å². The van der Waals surface area contributed by atoms with Crippen LogP contribution in [-0.4, -0.2) is 40.4 Å². The van der Waals surface area contributed by atoms with E-state index in [-0.39, 0.29) is 0 Å². The molecule has 2 rings (SSSR count). The van der Waals surface area contributed by atoms with E-state index >= 15 is 0 Å². The van der Waals surface area contributed by atoms with Crippen molar-refractivity contribution in [1.82, 2.24) is 9.47 Å². The van der Waals surface area contributed by atoms with Crippen LogP contribution in [0.25, 0.3) is 0 Å². The molecule has 132 valence electrons. The number of ether oxygens (including phenoxy) is 1. The Kier molecular flexibility index (Phi) is 7.50. The molecule has 1 N–H and O–H groups in total. The van der Waals surface area contributed by atoms with E-state index in [1.165, 1.54) is 11.3 Å². The first-order valence-corrected chi connectivity index (χ1v) is 8.67. The molecule has 1 atom stereocenters. The molecule has 0 spiro atoms. The Balaban J connectivity index is 1.95. The van der Waals surface area contributed by atoms with Crippen LogP contribution < -0.4 is 0 Å². The molecule has 0 radical (unpaired) electrons. The maximum absolute atomic E-state index is 10.3. The standard InChI is InChI=1S/C20H30N2O2/c1-17(2)15-24-16-20(23)14-22(12-18-8-5-4-6-9-18)13-19-10-7-11-21(19)3/h4-11,17,20,23H,12-16H2,1-3H3/t20-/m1/s1. The van der Waals surface area contributed by atoms with E-state index in [0.29, 0.717) is 25.7 Å². The van der Waals surface area contributed by atoms with Gasteiger partial charge in [0, 0.05) is 45.2 Å². The fraction of sp³-hybridized carbons (Fsp3) is 0.500. The van der Waals surface area contributed by atoms with Gasteiger partial charge in [-0.05, 0) is 23.6 Å². The second-order valence-corrected chi connectivity index (χ2v) is 6.85. The summed E-state index contributed by atoms with van der Waals surface area (Å²) < 4.78 is 7.71. The topological polar surface area (TPSA) is 37.6 Å². The molecule has 0 fully saturated rings. The number of aromatic nitrogens is 1. The van der Waals surface area contributed by atoms with Gasteiger partial charge in [0.15, 0.2) is 0 Å². The fourth-order valence-electron chi connectivity index (χ4n) is 2.71. The number of aryl methyl sites for hydroxylation is 1. The molecule has 0 aliphatic heterocycles. The van der Waals surface area contributed by atoms with Gasteiger partial charge in [-0.2, -0.15) is 0 Å². The van der Waals surface area contributed by atoms with Gasteiger partial charge in [-0.3, -0.25) is 4.90 Å². The van der Waals surface area contributed by atoms with E-state index < -0.39 is 6.10 Å². The molecule has 0 bridgehead atoms. The highest BCUT2D eigenvalue weighted by Gasteiger charge is 2.14. The third-order valence-corrected chi connectivity index (χ3v) is 3.92. The SMILES string of the molecule is CC(C)COC[C@H](O)CN(Cc1ccccc1)Cc1cccn1C. The summed E-state index contributed by atoms with van der Waals surface area (Å²) in [5, 5.41) is 10.3. The van der Waals surface area contributed by atoms with Crippen molar-refractivity contribution < 1.29 is 9.84 Å². The van der Waals surface area contributed by atoms with E-state index in [1.807, 2.05) is 6.07 Å². The van der Waals surface area contributed by atoms with Gasteiger partial charge in [-0.25, -0.2) is 0 Å². The molecule has 2 aromatic rings. The van der Waals surface area contributed by atoms with Crippen LogP contribution in [0.3, 0.4) is 0 Å². The second-order valence-electron chi connectivity index (χ2n) is 6.85. The Hall–Kier alpha value is -1.62. The zero-order chi connectivity index (χ0) is 17.4. The summed E-state index contributed by atoms with van der Waals surface area (Å²) in [6, 6.07) is 14.6. The Morgan fingerprint density at radius 1 is 1.04 bits per heavy atom. The predicted molar refractivity (Wildman–Crippen MR) is 97.6 cm³/mol. The van der Waals surface area contributed by atoms with E-state index in [0.717, 1.165) is 13.1 Å². The van der Waals surface area contributed by atoms with Crippen LogP contribution >= 0.6 is 0 Å². The molecule has 4 heteroatoms. The van der Waals surface area contributed by atoms with Crippen molar-refractivity contribution in [1.29, 1.82) is 0 Å². The van der Waals surface area contributed by atoms with Crippen molar-refractivity contribution in [2.45, 2.75) is 33.0 Å². The molecule has 0 amide bonds. The molecular formula is C20H30N2O2. The molecule has 4 nitrogen and oxygen atoms in total. The van der Waals surface area contributed by atoms with Crippen LogP contribution in [0.15, 0.2) is 48.7 Å². The van der Waals surface area contributed by atoms with Crippen molar-refractivity contribution >= 4 is 0 Å². The van der Waals surface area contributed by atoms with Gasteiger partial charge >= 0.3 is 0 Å². The molecule has 0 unspecified atom stereocenters. The van der Waals surface area contributed by atoms with Crippen LogP contribution in [0.4, 0.5) is 0 Å². The molecule has 1 aromatic carbocycles. The smallest absolute Gasteiger partial charge is 0.0900 e. The third kappa shape index (κ3) is 6.48. The van der Waals surface area contributed by atoms with Gasteiger partial charge in [0.1, 0.15) is 0 Å². The number of aliphatic hydroxyl groups is 1. The zero-order valence-electron chi connectivity index (χ0n) is 15.1. The first-order valence-electron chi connectivity index (χ1n) is 8.67. The Bertz CT molecular complexity index is 580. The van der Waals surface area contributed by atoms with Crippen molar-refractivity contribution in [2.24, 2.45) is 13.0 Å². The first-order chi connectivity index (χ1) is 11.5. The minimum absolute atomic E-state index is 0.386. The minimum atomic E-state index is -0.479. The van der Waals surface area contributed by atoms with Gasteiger partial charge in [0.25, 0.3) is 0 Å². The molecule has 1 aromatic heterocycles. The van der Waals surface area contributed by atoms with E-state index in [2.05, 4.69) is 73.0 Å². The van der Waals surface area contributed by atoms with Gasteiger partial charge < -0.3 is 14.4 Å². The van der Waals surface area contributed by atoms with Gasteiger partial charge in [-0.15, -0.1) is 0 Å². The number of benzene rings is 1. The molecule has 0 saturated carbocycles. The third-order valence-electron chi connectivity index (χ3n) is 3.92. The molecule has 0 aliphatic rings. The monoisotopic (exact) mass is 330 g/mol. The lowest BCUT2D eigenvalue weighted by atomic mass is 10.2. The predicted octanol–water partition coefficient (Wildman–Crippen LogP) is 3.06. The van der Waals surface area contributed by atoms with Crippen LogP contribution in [0.2, 0.25) is 0 Å². The summed E-state index contributed by atoms with van der Waals surface area (Å²) in [5.74, 6) is 0.487. The number of nitrogens with zero attached hydrogens (tertiary/aromatic N) is 2. The molecule has 0 aliphatic carbocycles. The fourth-order valence-corrected chi connectivity index (χ4v) is 2.71. The van der Waals surface area contributed by atoms with Gasteiger partial charge in [-0.1, -0.05) is 44.2 Å². The largest absolute Gasteiger partial charge is 0.389 e. The lowest BCUT2D eigenvalue weighted by Gasteiger charge is -2.25. The van der Waals surface area contributed by atoms with Crippen LogP contribution in [0.1, 0.15) is 25.1 Å². The van der Waals surface area contributed by atoms with Crippen molar-refractivity contribution in [3.05, 3.63) is 59.9 Å². The zero-order valence-corrected chi connectivity index (χ0v) is 15.1. The highest BCUT2D eigenvalue weighted by atomic mass is 16.5. The summed E-state index contributed by atoms with van der Waals surface area (Å²) in [7, 11) is 2.05. The summed E-state index contributed by atoms with van der Waals surface area (Å²) in [5.41, 5.74) is 2.49. The van der Waals surface area contributed by atoms with Crippen LogP contribution in [0, 0.1) is 5.92 Å². The quantitative estimate of drug-likeness (QED) is 0.727. The average Bonchev–Trinajstić information content (AvgIpc) is 2.93. The normalized spacial score (nSPS) is 12.9. The molecular weight excluding hydrogens is 300 g/mol. The summed E-state index contributed by atoms with van der Waals surface area (Å²) in [6.45, 7) is 7.52. The molecule has 24 heavy (non-hydrogen) atoms. The van der Waals surface area contributed by atoms with Gasteiger partial charge in [0.05, 0.1) is 12.7 Å². The number of aliphatic hydroxyl groups excluding tert-OH is 1. The maximum atomic E-state index is 10.3. The highest BCUT2D eigenvalue weighted by Crippen LogP contribution is 2.11. The summed E-state index contributed by atoms with van der Waals surface area (Å²) in [6.07, 6.45) is 1.57. The van der Waals surface area contributed by atoms with Crippen LogP contribution in [0.5, 0.6) is 0 Å². The van der Waals surface area contributed by atoms with E-state index in [4.69, 9.17) is 4.74 Å². The molecule has 0 saturated heterocycles. The van der Waals surface area contributed by atoms with Crippen molar-refractivity contribution in [3.63, 3.8) is 0 Å². The number of hydrogen-bond donors (Lipinski definition) is 1. The maximum Gasteiger partial charge on any atom is 0.0900 e. The lowest BCUT2D eigenvalue weighted by Crippen LogP contribution is -2.35. The Morgan fingerprint density at radius 2 is 1.79 bits per heavy atom. The second kappa shape index (κ2) is 9.62. The first kappa shape index (κ1) is 18.7. The number of hydrogen-bond acceptors (Lipinski definition) is 3. The lowest BCUT2D eigenvalue weighted by molar-refractivity contribution is 0.00525. The number of rotatable bonds is 10. The average molecular weight is 330 g/mol. The Morgan fingerprint density at radius 3 is 2.42 bits per heavy atom. The van der Waals surface area contributed by atoms with Crippen molar-refractivity contribution in [2.75, 3.05) is 19.8 Å². The summed E-state index contributed by atoms with van der Waals surface area (Å²) >= 11 is 0. The molecule has 1 heterocycles.